The molecule has 33 heavy (non-hydrogen) atoms. The molecule has 0 spiro atoms. The average molecular weight is 494 g/mol. The van der Waals surface area contributed by atoms with Crippen LogP contribution in [0.3, 0.4) is 0 Å². The van der Waals surface area contributed by atoms with Gasteiger partial charge in [0.25, 0.3) is 5.91 Å². The van der Waals surface area contributed by atoms with Crippen LogP contribution in [0.2, 0.25) is 5.02 Å². The highest BCUT2D eigenvalue weighted by Gasteiger charge is 2.32. The van der Waals surface area contributed by atoms with Gasteiger partial charge in [-0.1, -0.05) is 29.8 Å². The minimum atomic E-state index is -0.782. The minimum Gasteiger partial charge on any atom is -0.493 e. The maximum absolute atomic E-state index is 13.8. The van der Waals surface area contributed by atoms with E-state index >= 15 is 0 Å². The van der Waals surface area contributed by atoms with Gasteiger partial charge in [-0.3, -0.25) is 25.2 Å². The molecule has 1 aliphatic heterocycles. The van der Waals surface area contributed by atoms with Crippen LogP contribution in [0.4, 0.5) is 4.39 Å². The van der Waals surface area contributed by atoms with Crippen LogP contribution in [0.5, 0.6) is 5.75 Å². The van der Waals surface area contributed by atoms with Crippen molar-refractivity contribution in [3.63, 3.8) is 0 Å². The van der Waals surface area contributed by atoms with Crippen LogP contribution < -0.4 is 20.9 Å². The molecule has 0 saturated carbocycles. The summed E-state index contributed by atoms with van der Waals surface area (Å²) in [6.07, 6.45) is 0.854. The molecule has 10 heteroatoms. The highest BCUT2D eigenvalue weighted by molar-refractivity contribution is 8.00. The summed E-state index contributed by atoms with van der Waals surface area (Å²) in [5.41, 5.74) is 6.05. The first kappa shape index (κ1) is 24.9. The summed E-state index contributed by atoms with van der Waals surface area (Å²) < 4.78 is 19.5. The van der Waals surface area contributed by atoms with E-state index in [1.165, 1.54) is 17.8 Å². The first-order valence-corrected chi connectivity index (χ1v) is 11.9. The van der Waals surface area contributed by atoms with E-state index in [-0.39, 0.29) is 30.5 Å². The van der Waals surface area contributed by atoms with Crippen molar-refractivity contribution in [2.75, 3.05) is 12.4 Å². The zero-order valence-corrected chi connectivity index (χ0v) is 19.6. The third-order valence-electron chi connectivity index (χ3n) is 5.02. The molecule has 2 aromatic carbocycles. The Bertz CT molecular complexity index is 1020. The van der Waals surface area contributed by atoms with Gasteiger partial charge in [0.05, 0.1) is 11.9 Å². The predicted octanol–water partition coefficient (Wildman–Crippen LogP) is 2.94. The number of carbonyl (C=O) groups excluding carboxylic acids is 3. The lowest BCUT2D eigenvalue weighted by atomic mass is 10.1. The first-order valence-electron chi connectivity index (χ1n) is 10.5. The van der Waals surface area contributed by atoms with E-state index < -0.39 is 17.2 Å². The van der Waals surface area contributed by atoms with Crippen LogP contribution in [0.25, 0.3) is 0 Å². The van der Waals surface area contributed by atoms with E-state index in [1.807, 2.05) is 6.92 Å². The van der Waals surface area contributed by atoms with Crippen molar-refractivity contribution in [1.82, 2.24) is 16.2 Å². The number of rotatable bonds is 8. The summed E-state index contributed by atoms with van der Waals surface area (Å²) in [6, 6.07) is 10.8. The number of benzene rings is 2. The highest BCUT2D eigenvalue weighted by Crippen LogP contribution is 2.23. The number of amides is 3. The average Bonchev–Trinajstić information content (AvgIpc) is 2.79. The molecule has 1 fully saturated rings. The lowest BCUT2D eigenvalue weighted by Crippen LogP contribution is -2.57. The van der Waals surface area contributed by atoms with E-state index in [4.69, 9.17) is 16.3 Å². The molecule has 1 aliphatic rings. The summed E-state index contributed by atoms with van der Waals surface area (Å²) in [4.78, 5) is 36.6. The normalized spacial score (nSPS) is 17.7. The molecular weight excluding hydrogens is 469 g/mol. The molecule has 7 nitrogen and oxygen atoms in total. The van der Waals surface area contributed by atoms with Crippen molar-refractivity contribution in [2.45, 2.75) is 37.5 Å². The Morgan fingerprint density at radius 1 is 1.24 bits per heavy atom. The molecule has 0 bridgehead atoms. The van der Waals surface area contributed by atoms with Crippen molar-refractivity contribution in [2.24, 2.45) is 0 Å². The van der Waals surface area contributed by atoms with Gasteiger partial charge < -0.3 is 10.1 Å². The second kappa shape index (κ2) is 11.9. The van der Waals surface area contributed by atoms with Crippen molar-refractivity contribution >= 4 is 41.1 Å². The topological polar surface area (TPSA) is 96.5 Å². The fraction of sp³-hybridized carbons (Fsp3) is 0.348. The van der Waals surface area contributed by atoms with E-state index in [0.717, 1.165) is 5.56 Å². The molecular formula is C23H25ClFN3O4S. The largest absolute Gasteiger partial charge is 0.493 e. The van der Waals surface area contributed by atoms with Gasteiger partial charge in [-0.05, 0) is 55.2 Å². The second-order valence-electron chi connectivity index (χ2n) is 7.58. The first-order chi connectivity index (χ1) is 15.8. The Labute approximate surface area is 200 Å². The van der Waals surface area contributed by atoms with E-state index in [0.29, 0.717) is 35.1 Å². The minimum absolute atomic E-state index is 0.156. The lowest BCUT2D eigenvalue weighted by Gasteiger charge is -2.28. The summed E-state index contributed by atoms with van der Waals surface area (Å²) in [5, 5.41) is 2.78. The van der Waals surface area contributed by atoms with Crippen LogP contribution in [0.15, 0.2) is 42.5 Å². The number of carbonyl (C=O) groups is 3. The van der Waals surface area contributed by atoms with Gasteiger partial charge in [0.15, 0.2) is 0 Å². The Morgan fingerprint density at radius 3 is 2.76 bits per heavy atom. The number of nitrogens with one attached hydrogen (secondary N) is 3. The van der Waals surface area contributed by atoms with Gasteiger partial charge in [0.2, 0.25) is 11.8 Å². The number of hydrogen-bond donors (Lipinski definition) is 3. The van der Waals surface area contributed by atoms with Crippen molar-refractivity contribution in [3.8, 4) is 5.75 Å². The summed E-state index contributed by atoms with van der Waals surface area (Å²) >= 11 is 7.19. The number of hydrogen-bond acceptors (Lipinski definition) is 5. The smallest absolute Gasteiger partial charge is 0.261 e. The Hall–Kier alpha value is -2.78. The quantitative estimate of drug-likeness (QED) is 0.388. The molecule has 0 aromatic heterocycles. The highest BCUT2D eigenvalue weighted by atomic mass is 35.5. The van der Waals surface area contributed by atoms with Crippen LogP contribution in [0.1, 0.15) is 24.0 Å². The van der Waals surface area contributed by atoms with E-state index in [2.05, 4.69) is 16.2 Å². The van der Waals surface area contributed by atoms with Gasteiger partial charge in [-0.25, -0.2) is 4.39 Å². The number of hydrazine groups is 1. The van der Waals surface area contributed by atoms with Gasteiger partial charge in [-0.2, -0.15) is 0 Å². The zero-order chi connectivity index (χ0) is 23.8. The number of aryl methyl sites for hydroxylation is 1. The molecule has 3 amide bonds. The molecule has 2 aromatic rings. The SMILES string of the molecule is Cc1cc(Cl)ccc1OCCCC(=O)NNC(=O)[C@@H]1CS[C@@H](Cc2ccccc2F)C(=O)N1. The van der Waals surface area contributed by atoms with Gasteiger partial charge in [0.1, 0.15) is 17.6 Å². The summed E-state index contributed by atoms with van der Waals surface area (Å²) in [5.74, 6) is -0.556. The molecule has 3 rings (SSSR count). The van der Waals surface area contributed by atoms with Gasteiger partial charge in [-0.15, -0.1) is 11.8 Å². The van der Waals surface area contributed by atoms with Gasteiger partial charge in [0, 0.05) is 17.2 Å². The van der Waals surface area contributed by atoms with E-state index in [9.17, 15) is 18.8 Å². The molecule has 1 saturated heterocycles. The van der Waals surface area contributed by atoms with E-state index in [1.54, 1.807) is 36.4 Å². The molecule has 2 atom stereocenters. The van der Waals surface area contributed by atoms with Gasteiger partial charge >= 0.3 is 0 Å². The molecule has 0 aliphatic carbocycles. The lowest BCUT2D eigenvalue weighted by molar-refractivity contribution is -0.132. The van der Waals surface area contributed by atoms with Crippen LogP contribution >= 0.6 is 23.4 Å². The maximum Gasteiger partial charge on any atom is 0.261 e. The standard InChI is InChI=1S/C23H25ClFN3O4S/c1-14-11-16(24)8-9-19(14)32-10-4-7-21(29)27-28-22(30)18-13-33-20(23(31)26-18)12-15-5-2-3-6-17(15)25/h2-3,5-6,8-9,11,18,20H,4,7,10,12-13H2,1H3,(H,26,31)(H,27,29)(H,28,30)/t18-,20-/m0/s1. The third kappa shape index (κ3) is 7.36. The fourth-order valence-corrected chi connectivity index (χ4v) is 4.62. The number of thioether (sulfide) groups is 1. The van der Waals surface area contributed by atoms with Crippen molar-refractivity contribution in [3.05, 3.63) is 64.4 Å². The van der Waals surface area contributed by atoms with Crippen LogP contribution in [0, 0.1) is 12.7 Å². The van der Waals surface area contributed by atoms with Crippen LogP contribution in [-0.4, -0.2) is 41.4 Å². The Morgan fingerprint density at radius 2 is 2.03 bits per heavy atom. The molecule has 0 radical (unpaired) electrons. The number of ether oxygens (including phenoxy) is 1. The molecule has 1 heterocycles. The summed E-state index contributed by atoms with van der Waals surface area (Å²) in [7, 11) is 0. The van der Waals surface area contributed by atoms with Crippen molar-refractivity contribution in [1.29, 1.82) is 0 Å². The zero-order valence-electron chi connectivity index (χ0n) is 18.0. The Kier molecular flexibility index (Phi) is 8.96. The Balaban J connectivity index is 1.34. The number of halogens is 2. The maximum atomic E-state index is 13.8. The van der Waals surface area contributed by atoms with Crippen molar-refractivity contribution < 1.29 is 23.5 Å². The predicted molar refractivity (Wildman–Crippen MR) is 125 cm³/mol. The monoisotopic (exact) mass is 493 g/mol. The van der Waals surface area contributed by atoms with Crippen LogP contribution in [-0.2, 0) is 20.8 Å². The summed E-state index contributed by atoms with van der Waals surface area (Å²) in [6.45, 7) is 2.22. The second-order valence-corrected chi connectivity index (χ2v) is 9.25. The molecule has 0 unspecified atom stereocenters. The fourth-order valence-electron chi connectivity index (χ4n) is 3.22. The third-order valence-corrected chi connectivity index (χ3v) is 6.56. The molecule has 3 N–H and O–H groups in total. The molecule has 176 valence electrons.